The van der Waals surface area contributed by atoms with Crippen LogP contribution in [-0.4, -0.2) is 37.0 Å². The van der Waals surface area contributed by atoms with Crippen LogP contribution in [0.4, 0.5) is 0 Å². The average molecular weight is 252 g/mol. The first-order valence-electron chi connectivity index (χ1n) is 7.73. The zero-order valence-corrected chi connectivity index (χ0v) is 11.8. The lowest BCUT2D eigenvalue weighted by molar-refractivity contribution is -0.130. The standard InChI is InChI=1S/C15H28N2O/c1-17(11-9-13-6-3-2-4-7-13)15(18)12-14-8-5-10-16-14/h13-14,16H,2-12H2,1H3. The van der Waals surface area contributed by atoms with E-state index in [4.69, 9.17) is 0 Å². The van der Waals surface area contributed by atoms with Crippen LogP contribution < -0.4 is 5.32 Å². The number of nitrogens with one attached hydrogen (secondary N) is 1. The third-order valence-corrected chi connectivity index (χ3v) is 4.61. The van der Waals surface area contributed by atoms with E-state index in [1.807, 2.05) is 11.9 Å². The topological polar surface area (TPSA) is 32.3 Å². The van der Waals surface area contributed by atoms with Gasteiger partial charge in [-0.3, -0.25) is 4.79 Å². The fraction of sp³-hybridized carbons (Fsp3) is 0.933. The van der Waals surface area contributed by atoms with E-state index in [1.165, 1.54) is 51.4 Å². The molecule has 1 aliphatic carbocycles. The second-order valence-electron chi connectivity index (χ2n) is 6.11. The predicted molar refractivity (Wildman–Crippen MR) is 74.5 cm³/mol. The Balaban J connectivity index is 1.63. The first kappa shape index (κ1) is 13.9. The van der Waals surface area contributed by atoms with Gasteiger partial charge in [-0.1, -0.05) is 32.1 Å². The molecular weight excluding hydrogens is 224 g/mol. The number of nitrogens with zero attached hydrogens (tertiary/aromatic N) is 1. The summed E-state index contributed by atoms with van der Waals surface area (Å²) in [5, 5.41) is 3.40. The maximum Gasteiger partial charge on any atom is 0.223 e. The second kappa shape index (κ2) is 7.13. The Kier molecular flexibility index (Phi) is 5.48. The van der Waals surface area contributed by atoms with Gasteiger partial charge in [-0.15, -0.1) is 0 Å². The number of hydrogen-bond acceptors (Lipinski definition) is 2. The number of rotatable bonds is 5. The predicted octanol–water partition coefficient (Wildman–Crippen LogP) is 2.56. The van der Waals surface area contributed by atoms with Crippen molar-refractivity contribution in [1.29, 1.82) is 0 Å². The molecule has 1 heterocycles. The normalized spacial score (nSPS) is 25.3. The van der Waals surface area contributed by atoms with Crippen LogP contribution in [0.25, 0.3) is 0 Å². The molecule has 2 fully saturated rings. The van der Waals surface area contributed by atoms with E-state index >= 15 is 0 Å². The maximum atomic E-state index is 12.1. The summed E-state index contributed by atoms with van der Waals surface area (Å²) in [6.45, 7) is 2.04. The van der Waals surface area contributed by atoms with Crippen LogP contribution in [0, 0.1) is 5.92 Å². The molecule has 1 N–H and O–H groups in total. The molecule has 1 atom stereocenters. The molecule has 18 heavy (non-hydrogen) atoms. The first-order valence-corrected chi connectivity index (χ1v) is 7.73. The molecule has 0 spiro atoms. The van der Waals surface area contributed by atoms with Crippen LogP contribution in [-0.2, 0) is 4.79 Å². The Hall–Kier alpha value is -0.570. The van der Waals surface area contributed by atoms with Crippen LogP contribution in [0.3, 0.4) is 0 Å². The van der Waals surface area contributed by atoms with Crippen molar-refractivity contribution in [3.8, 4) is 0 Å². The van der Waals surface area contributed by atoms with E-state index in [9.17, 15) is 4.79 Å². The molecule has 1 amide bonds. The van der Waals surface area contributed by atoms with E-state index in [0.717, 1.165) is 19.0 Å². The molecule has 1 saturated heterocycles. The maximum absolute atomic E-state index is 12.1. The fourth-order valence-corrected chi connectivity index (χ4v) is 3.27. The molecule has 1 aliphatic heterocycles. The van der Waals surface area contributed by atoms with Crippen molar-refractivity contribution in [2.45, 2.75) is 63.8 Å². The second-order valence-corrected chi connectivity index (χ2v) is 6.11. The molecule has 0 radical (unpaired) electrons. The van der Waals surface area contributed by atoms with E-state index < -0.39 is 0 Å². The van der Waals surface area contributed by atoms with Gasteiger partial charge in [0.1, 0.15) is 0 Å². The monoisotopic (exact) mass is 252 g/mol. The fourth-order valence-electron chi connectivity index (χ4n) is 3.27. The lowest BCUT2D eigenvalue weighted by atomic mass is 9.87. The molecule has 1 unspecified atom stereocenters. The van der Waals surface area contributed by atoms with Crippen molar-refractivity contribution in [2.75, 3.05) is 20.1 Å². The number of carbonyl (C=O) groups is 1. The number of amides is 1. The smallest absolute Gasteiger partial charge is 0.223 e. The minimum absolute atomic E-state index is 0.324. The summed E-state index contributed by atoms with van der Waals surface area (Å²) in [6, 6.07) is 0.439. The largest absolute Gasteiger partial charge is 0.346 e. The molecule has 0 aromatic heterocycles. The van der Waals surface area contributed by atoms with Crippen molar-refractivity contribution < 1.29 is 4.79 Å². The summed E-state index contributed by atoms with van der Waals surface area (Å²) in [4.78, 5) is 14.0. The molecule has 2 aliphatic rings. The number of hydrogen-bond donors (Lipinski definition) is 1. The van der Waals surface area contributed by atoms with Crippen molar-refractivity contribution in [3.05, 3.63) is 0 Å². The highest BCUT2D eigenvalue weighted by Gasteiger charge is 2.20. The van der Waals surface area contributed by atoms with Crippen LogP contribution in [0.15, 0.2) is 0 Å². The molecule has 3 heteroatoms. The van der Waals surface area contributed by atoms with Gasteiger partial charge >= 0.3 is 0 Å². The highest BCUT2D eigenvalue weighted by atomic mass is 16.2. The van der Waals surface area contributed by atoms with Gasteiger partial charge in [0.15, 0.2) is 0 Å². The van der Waals surface area contributed by atoms with Crippen molar-refractivity contribution in [1.82, 2.24) is 10.2 Å². The van der Waals surface area contributed by atoms with Crippen LogP contribution in [0.5, 0.6) is 0 Å². The SMILES string of the molecule is CN(CCC1CCCCC1)C(=O)CC1CCCN1. The third kappa shape index (κ3) is 4.27. The van der Waals surface area contributed by atoms with Gasteiger partial charge in [0.05, 0.1) is 0 Å². The van der Waals surface area contributed by atoms with Crippen LogP contribution >= 0.6 is 0 Å². The Morgan fingerprint density at radius 1 is 1.17 bits per heavy atom. The Labute approximate surface area is 111 Å². The quantitative estimate of drug-likeness (QED) is 0.815. The van der Waals surface area contributed by atoms with Gasteiger partial charge in [-0.05, 0) is 31.7 Å². The minimum atomic E-state index is 0.324. The van der Waals surface area contributed by atoms with Crippen LogP contribution in [0.2, 0.25) is 0 Å². The van der Waals surface area contributed by atoms with E-state index in [0.29, 0.717) is 18.4 Å². The van der Waals surface area contributed by atoms with Gasteiger partial charge in [-0.2, -0.15) is 0 Å². The zero-order valence-electron chi connectivity index (χ0n) is 11.8. The van der Waals surface area contributed by atoms with Crippen molar-refractivity contribution in [3.63, 3.8) is 0 Å². The van der Waals surface area contributed by atoms with Crippen molar-refractivity contribution in [2.24, 2.45) is 5.92 Å². The van der Waals surface area contributed by atoms with Crippen molar-refractivity contribution >= 4 is 5.91 Å². The minimum Gasteiger partial charge on any atom is -0.346 e. The van der Waals surface area contributed by atoms with E-state index in [2.05, 4.69) is 5.32 Å². The van der Waals surface area contributed by atoms with E-state index in [1.54, 1.807) is 0 Å². The number of carbonyl (C=O) groups excluding carboxylic acids is 1. The molecule has 0 aromatic carbocycles. The van der Waals surface area contributed by atoms with Crippen LogP contribution in [0.1, 0.15) is 57.8 Å². The Morgan fingerprint density at radius 3 is 2.61 bits per heavy atom. The highest BCUT2D eigenvalue weighted by Crippen LogP contribution is 2.26. The summed E-state index contributed by atoms with van der Waals surface area (Å²) in [5.74, 6) is 1.20. The van der Waals surface area contributed by atoms with Gasteiger partial charge in [0.2, 0.25) is 5.91 Å². The van der Waals surface area contributed by atoms with Gasteiger partial charge in [0.25, 0.3) is 0 Å². The molecule has 0 aromatic rings. The lowest BCUT2D eigenvalue weighted by Crippen LogP contribution is -2.34. The summed E-state index contributed by atoms with van der Waals surface area (Å²) in [7, 11) is 1.97. The molecule has 2 rings (SSSR count). The lowest BCUT2D eigenvalue weighted by Gasteiger charge is -2.25. The summed E-state index contributed by atoms with van der Waals surface area (Å²) in [5.41, 5.74) is 0. The zero-order chi connectivity index (χ0) is 12.8. The first-order chi connectivity index (χ1) is 8.75. The molecule has 3 nitrogen and oxygen atoms in total. The molecule has 104 valence electrons. The molecular formula is C15H28N2O. The van der Waals surface area contributed by atoms with Gasteiger partial charge in [-0.25, -0.2) is 0 Å². The van der Waals surface area contributed by atoms with Gasteiger partial charge < -0.3 is 10.2 Å². The highest BCUT2D eigenvalue weighted by molar-refractivity contribution is 5.76. The Morgan fingerprint density at radius 2 is 1.94 bits per heavy atom. The summed E-state index contributed by atoms with van der Waals surface area (Å²) < 4.78 is 0. The third-order valence-electron chi connectivity index (χ3n) is 4.61. The Bertz CT molecular complexity index is 255. The van der Waals surface area contributed by atoms with Gasteiger partial charge in [0, 0.05) is 26.1 Å². The summed E-state index contributed by atoms with van der Waals surface area (Å²) >= 11 is 0. The van der Waals surface area contributed by atoms with E-state index in [-0.39, 0.29) is 0 Å². The molecule has 0 bridgehead atoms. The average Bonchev–Trinajstić information content (AvgIpc) is 2.90. The summed E-state index contributed by atoms with van der Waals surface area (Å²) in [6.07, 6.45) is 11.3. The molecule has 1 saturated carbocycles.